The van der Waals surface area contributed by atoms with E-state index < -0.39 is 0 Å². The summed E-state index contributed by atoms with van der Waals surface area (Å²) in [6, 6.07) is 0.699. The van der Waals surface area contributed by atoms with Gasteiger partial charge in [-0.05, 0) is 25.7 Å². The summed E-state index contributed by atoms with van der Waals surface area (Å²) in [6.07, 6.45) is 5.00. The average Bonchev–Trinajstić information content (AvgIpc) is 2.62. The Morgan fingerprint density at radius 1 is 1.60 bits per heavy atom. The summed E-state index contributed by atoms with van der Waals surface area (Å²) in [7, 11) is 0. The van der Waals surface area contributed by atoms with Crippen molar-refractivity contribution in [2.24, 2.45) is 5.73 Å². The number of rotatable bonds is 5. The lowest BCUT2D eigenvalue weighted by Crippen LogP contribution is -2.43. The molecule has 4 heteroatoms. The molecule has 1 aromatic heterocycles. The van der Waals surface area contributed by atoms with Gasteiger partial charge in [-0.15, -0.1) is 11.3 Å². The van der Waals surface area contributed by atoms with Crippen molar-refractivity contribution >= 4 is 16.5 Å². The van der Waals surface area contributed by atoms with E-state index >= 15 is 0 Å². The largest absolute Gasteiger partial charge is 0.344 e. The van der Waals surface area contributed by atoms with Crippen LogP contribution in [-0.4, -0.2) is 24.1 Å². The summed E-state index contributed by atoms with van der Waals surface area (Å²) >= 11 is 1.76. The van der Waals surface area contributed by atoms with Crippen LogP contribution in [0.25, 0.3) is 0 Å². The average molecular weight is 225 g/mol. The molecule has 0 aliphatic heterocycles. The van der Waals surface area contributed by atoms with Gasteiger partial charge in [0.2, 0.25) is 0 Å². The summed E-state index contributed by atoms with van der Waals surface area (Å²) in [5, 5.41) is 3.33. The molecule has 1 saturated carbocycles. The van der Waals surface area contributed by atoms with Crippen LogP contribution in [0.1, 0.15) is 31.9 Å². The van der Waals surface area contributed by atoms with Gasteiger partial charge in [0, 0.05) is 24.5 Å². The Labute approximate surface area is 95.3 Å². The molecule has 0 spiro atoms. The Bertz CT molecular complexity index is 307. The zero-order chi connectivity index (χ0) is 10.7. The third kappa shape index (κ3) is 2.32. The molecule has 3 nitrogen and oxygen atoms in total. The molecule has 2 N–H and O–H groups in total. The van der Waals surface area contributed by atoms with E-state index in [1.54, 1.807) is 11.3 Å². The topological polar surface area (TPSA) is 42.1 Å². The second-order valence-electron chi connectivity index (χ2n) is 4.04. The first-order chi connectivity index (χ1) is 7.35. The molecule has 84 valence electrons. The Balaban J connectivity index is 2.08. The van der Waals surface area contributed by atoms with E-state index in [2.05, 4.69) is 22.2 Å². The van der Waals surface area contributed by atoms with Crippen LogP contribution in [0.4, 0.5) is 5.13 Å². The fourth-order valence-corrected chi connectivity index (χ4v) is 2.87. The smallest absolute Gasteiger partial charge is 0.185 e. The summed E-state index contributed by atoms with van der Waals surface area (Å²) < 4.78 is 0. The maximum absolute atomic E-state index is 5.66. The summed E-state index contributed by atoms with van der Waals surface area (Å²) in [5.41, 5.74) is 6.86. The van der Waals surface area contributed by atoms with Crippen molar-refractivity contribution in [1.82, 2.24) is 4.98 Å². The minimum atomic E-state index is 0.699. The zero-order valence-corrected chi connectivity index (χ0v) is 10.1. The monoisotopic (exact) mass is 225 g/mol. The van der Waals surface area contributed by atoms with E-state index in [1.165, 1.54) is 30.1 Å². The molecule has 1 aliphatic rings. The molecule has 2 rings (SSSR count). The number of nitrogens with zero attached hydrogens (tertiary/aromatic N) is 2. The molecule has 1 heterocycles. The van der Waals surface area contributed by atoms with E-state index in [0.29, 0.717) is 6.04 Å². The highest BCUT2D eigenvalue weighted by atomic mass is 32.1. The molecule has 0 saturated heterocycles. The lowest BCUT2D eigenvalue weighted by atomic mass is 9.92. The minimum Gasteiger partial charge on any atom is -0.344 e. The van der Waals surface area contributed by atoms with Crippen LogP contribution >= 0.6 is 11.3 Å². The number of nitrogens with two attached hydrogens (primary N) is 1. The Kier molecular flexibility index (Phi) is 3.59. The SMILES string of the molecule is CCc1csc(N(CCN)C2CCC2)n1. The lowest BCUT2D eigenvalue weighted by molar-refractivity contribution is 0.387. The molecule has 0 radical (unpaired) electrons. The van der Waals surface area contributed by atoms with Crippen LogP contribution in [0.3, 0.4) is 0 Å². The van der Waals surface area contributed by atoms with Crippen molar-refractivity contribution in [2.45, 2.75) is 38.6 Å². The van der Waals surface area contributed by atoms with E-state index in [4.69, 9.17) is 5.73 Å². The van der Waals surface area contributed by atoms with Gasteiger partial charge in [0.15, 0.2) is 5.13 Å². The zero-order valence-electron chi connectivity index (χ0n) is 9.28. The molecule has 15 heavy (non-hydrogen) atoms. The molecule has 0 amide bonds. The van der Waals surface area contributed by atoms with Crippen LogP contribution in [0.2, 0.25) is 0 Å². The van der Waals surface area contributed by atoms with Crippen LogP contribution in [0.5, 0.6) is 0 Å². The molecule has 0 unspecified atom stereocenters. The lowest BCUT2D eigenvalue weighted by Gasteiger charge is -2.37. The number of thiazole rings is 1. The number of hydrogen-bond donors (Lipinski definition) is 1. The first kappa shape index (κ1) is 10.9. The van der Waals surface area contributed by atoms with Gasteiger partial charge < -0.3 is 10.6 Å². The Morgan fingerprint density at radius 2 is 2.40 bits per heavy atom. The summed E-state index contributed by atoms with van der Waals surface area (Å²) in [6.45, 7) is 3.81. The molecule has 1 aromatic rings. The van der Waals surface area contributed by atoms with Crippen LogP contribution < -0.4 is 10.6 Å². The highest BCUT2D eigenvalue weighted by Crippen LogP contribution is 2.31. The number of aryl methyl sites for hydroxylation is 1. The van der Waals surface area contributed by atoms with E-state index in [0.717, 1.165) is 19.5 Å². The molecule has 1 aliphatic carbocycles. The maximum atomic E-state index is 5.66. The van der Waals surface area contributed by atoms with Gasteiger partial charge in [0.1, 0.15) is 0 Å². The second-order valence-corrected chi connectivity index (χ2v) is 4.88. The number of hydrogen-bond acceptors (Lipinski definition) is 4. The molecular weight excluding hydrogens is 206 g/mol. The van der Waals surface area contributed by atoms with E-state index in [9.17, 15) is 0 Å². The highest BCUT2D eigenvalue weighted by molar-refractivity contribution is 7.13. The van der Waals surface area contributed by atoms with Gasteiger partial charge in [-0.3, -0.25) is 0 Å². The van der Waals surface area contributed by atoms with E-state index in [-0.39, 0.29) is 0 Å². The molecule has 0 aromatic carbocycles. The normalized spacial score (nSPS) is 16.4. The standard InChI is InChI=1S/C11H19N3S/c1-2-9-8-15-11(13-9)14(7-6-12)10-4-3-5-10/h8,10H,2-7,12H2,1H3. The van der Waals surface area contributed by atoms with Crippen LogP contribution in [-0.2, 0) is 6.42 Å². The Morgan fingerprint density at radius 3 is 2.87 bits per heavy atom. The number of aromatic nitrogens is 1. The van der Waals surface area contributed by atoms with Crippen molar-refractivity contribution in [3.63, 3.8) is 0 Å². The van der Waals surface area contributed by atoms with Gasteiger partial charge in [-0.2, -0.15) is 0 Å². The molecular formula is C11H19N3S. The Hall–Kier alpha value is -0.610. The minimum absolute atomic E-state index is 0.699. The van der Waals surface area contributed by atoms with Gasteiger partial charge >= 0.3 is 0 Å². The van der Waals surface area contributed by atoms with Crippen molar-refractivity contribution in [1.29, 1.82) is 0 Å². The maximum Gasteiger partial charge on any atom is 0.185 e. The number of anilines is 1. The van der Waals surface area contributed by atoms with Crippen LogP contribution in [0.15, 0.2) is 5.38 Å². The van der Waals surface area contributed by atoms with Crippen molar-refractivity contribution < 1.29 is 0 Å². The first-order valence-corrected chi connectivity index (χ1v) is 6.64. The summed E-state index contributed by atoms with van der Waals surface area (Å²) in [4.78, 5) is 7.04. The van der Waals surface area contributed by atoms with Gasteiger partial charge in [-0.25, -0.2) is 4.98 Å². The molecule has 1 fully saturated rings. The first-order valence-electron chi connectivity index (χ1n) is 5.76. The fraction of sp³-hybridized carbons (Fsp3) is 0.727. The van der Waals surface area contributed by atoms with Crippen molar-refractivity contribution in [3.8, 4) is 0 Å². The highest BCUT2D eigenvalue weighted by Gasteiger charge is 2.26. The third-order valence-electron chi connectivity index (χ3n) is 3.03. The fourth-order valence-electron chi connectivity index (χ4n) is 1.86. The van der Waals surface area contributed by atoms with Crippen LogP contribution in [0, 0.1) is 0 Å². The van der Waals surface area contributed by atoms with Gasteiger partial charge in [0.05, 0.1) is 5.69 Å². The van der Waals surface area contributed by atoms with Gasteiger partial charge in [-0.1, -0.05) is 6.92 Å². The van der Waals surface area contributed by atoms with Gasteiger partial charge in [0.25, 0.3) is 0 Å². The second kappa shape index (κ2) is 4.94. The predicted molar refractivity (Wildman–Crippen MR) is 65.5 cm³/mol. The van der Waals surface area contributed by atoms with E-state index in [1.807, 2.05) is 0 Å². The molecule has 0 bridgehead atoms. The van der Waals surface area contributed by atoms with Crippen molar-refractivity contribution in [2.75, 3.05) is 18.0 Å². The molecule has 0 atom stereocenters. The predicted octanol–water partition coefficient (Wildman–Crippen LogP) is 2.02. The van der Waals surface area contributed by atoms with Crippen molar-refractivity contribution in [3.05, 3.63) is 11.1 Å². The quantitative estimate of drug-likeness (QED) is 0.833. The summed E-state index contributed by atoms with van der Waals surface area (Å²) in [5.74, 6) is 0. The third-order valence-corrected chi connectivity index (χ3v) is 3.96.